The lowest BCUT2D eigenvalue weighted by Crippen LogP contribution is -2.47. The molecule has 0 aliphatic heterocycles. The minimum absolute atomic E-state index is 0.0172. The molecule has 0 aromatic heterocycles. The van der Waals surface area contributed by atoms with Crippen LogP contribution in [0.2, 0.25) is 0 Å². The van der Waals surface area contributed by atoms with Gasteiger partial charge < -0.3 is 21.3 Å². The molecule has 2 aromatic carbocycles. The molecule has 2 aromatic rings. The van der Waals surface area contributed by atoms with Crippen molar-refractivity contribution in [3.8, 4) is 0 Å². The number of carbonyl (C=O) groups excluding carboxylic acids is 2. The first-order valence-electron chi connectivity index (χ1n) is 9.90. The predicted octanol–water partition coefficient (Wildman–Crippen LogP) is 5.45. The zero-order chi connectivity index (χ0) is 24.2. The number of hydrogen-bond acceptors (Lipinski definition) is 2. The minimum atomic E-state index is -4.66. The summed E-state index contributed by atoms with van der Waals surface area (Å²) >= 11 is 0. The summed E-state index contributed by atoms with van der Waals surface area (Å²) in [4.78, 5) is 24.4. The monoisotopic (exact) mass is 474 g/mol. The summed E-state index contributed by atoms with van der Waals surface area (Å²) in [5, 5.41) is 9.20. The third-order valence-corrected chi connectivity index (χ3v) is 4.95. The molecule has 1 fully saturated rings. The summed E-state index contributed by atoms with van der Waals surface area (Å²) in [5.41, 5.74) is -2.88. The summed E-state index contributed by atoms with van der Waals surface area (Å²) in [5.74, 6) is -0.0172. The highest BCUT2D eigenvalue weighted by Crippen LogP contribution is 2.36. The minimum Gasteiger partial charge on any atom is -0.336 e. The Bertz CT molecular complexity index is 1000. The number of anilines is 2. The molecule has 0 spiro atoms. The van der Waals surface area contributed by atoms with Crippen molar-refractivity contribution in [1.29, 1.82) is 0 Å². The zero-order valence-electron chi connectivity index (χ0n) is 17.0. The van der Waals surface area contributed by atoms with Crippen LogP contribution in [0.5, 0.6) is 0 Å². The molecule has 1 aliphatic carbocycles. The smallest absolute Gasteiger partial charge is 0.336 e. The van der Waals surface area contributed by atoms with Gasteiger partial charge in [0.05, 0.1) is 28.5 Å². The van der Waals surface area contributed by atoms with Gasteiger partial charge in [-0.25, -0.2) is 9.59 Å². The van der Waals surface area contributed by atoms with Crippen molar-refractivity contribution >= 4 is 23.4 Å². The van der Waals surface area contributed by atoms with Crippen LogP contribution < -0.4 is 21.3 Å². The Morgan fingerprint density at radius 1 is 0.788 bits per heavy atom. The first-order valence-corrected chi connectivity index (χ1v) is 9.90. The molecule has 6 nitrogen and oxygen atoms in total. The number of hydrogen-bond donors (Lipinski definition) is 4. The molecular weight excluding hydrogens is 454 g/mol. The predicted molar refractivity (Wildman–Crippen MR) is 109 cm³/mol. The van der Waals surface area contributed by atoms with Gasteiger partial charge in [0.15, 0.2) is 0 Å². The molecule has 4 N–H and O–H groups in total. The van der Waals surface area contributed by atoms with E-state index in [0.29, 0.717) is 0 Å². The largest absolute Gasteiger partial charge is 0.418 e. The maximum atomic E-state index is 13.1. The van der Waals surface area contributed by atoms with E-state index in [0.717, 1.165) is 37.1 Å². The van der Waals surface area contributed by atoms with E-state index < -0.39 is 53.0 Å². The Labute approximate surface area is 184 Å². The van der Waals surface area contributed by atoms with E-state index in [1.165, 1.54) is 24.3 Å². The standard InChI is InChI=1S/C21H20F6N4O2/c22-20(23,24)13-5-1-3-7-15(13)29-18(32)28-11-17(12-9-10-12)31-19(33)30-16-8-4-2-6-14(16)21(25,26)27/h1-8,12,17H,9-11H2,(H2,28,29,32)(H2,30,31,33). The zero-order valence-corrected chi connectivity index (χ0v) is 17.0. The molecule has 0 saturated heterocycles. The normalized spacial score (nSPS) is 14.8. The molecule has 178 valence electrons. The summed E-state index contributed by atoms with van der Waals surface area (Å²) < 4.78 is 78.4. The van der Waals surface area contributed by atoms with E-state index in [-0.39, 0.29) is 12.5 Å². The van der Waals surface area contributed by atoms with Gasteiger partial charge in [0.25, 0.3) is 0 Å². The number of nitrogens with one attached hydrogen (secondary N) is 4. The number of amides is 4. The molecule has 1 aliphatic rings. The first-order chi connectivity index (χ1) is 15.4. The number of rotatable bonds is 6. The van der Waals surface area contributed by atoms with Crippen LogP contribution in [0.4, 0.5) is 47.3 Å². The van der Waals surface area contributed by atoms with Crippen LogP contribution in [-0.4, -0.2) is 24.6 Å². The Balaban J connectivity index is 1.58. The second-order valence-corrected chi connectivity index (χ2v) is 7.46. The third-order valence-electron chi connectivity index (χ3n) is 4.95. The van der Waals surface area contributed by atoms with Gasteiger partial charge in [0, 0.05) is 6.54 Å². The van der Waals surface area contributed by atoms with Crippen LogP contribution in [0.1, 0.15) is 24.0 Å². The van der Waals surface area contributed by atoms with E-state index in [2.05, 4.69) is 21.3 Å². The SMILES string of the molecule is O=C(NCC(NC(=O)Nc1ccccc1C(F)(F)F)C1CC1)Nc1ccccc1C(F)(F)F. The average molecular weight is 474 g/mol. The molecule has 1 unspecified atom stereocenters. The van der Waals surface area contributed by atoms with Gasteiger partial charge >= 0.3 is 24.4 Å². The number of para-hydroxylation sites is 2. The van der Waals surface area contributed by atoms with Crippen LogP contribution in [0.3, 0.4) is 0 Å². The van der Waals surface area contributed by atoms with Crippen LogP contribution in [0, 0.1) is 5.92 Å². The summed E-state index contributed by atoms with van der Waals surface area (Å²) in [6, 6.07) is 6.50. The van der Waals surface area contributed by atoms with E-state index in [9.17, 15) is 35.9 Å². The topological polar surface area (TPSA) is 82.3 Å². The van der Waals surface area contributed by atoms with Gasteiger partial charge in [-0.1, -0.05) is 24.3 Å². The quantitative estimate of drug-likeness (QED) is 0.420. The van der Waals surface area contributed by atoms with E-state index in [1.807, 2.05) is 0 Å². The molecule has 33 heavy (non-hydrogen) atoms. The molecule has 0 heterocycles. The summed E-state index contributed by atoms with van der Waals surface area (Å²) in [6.07, 6.45) is -7.87. The fourth-order valence-corrected chi connectivity index (χ4v) is 3.21. The van der Waals surface area contributed by atoms with E-state index >= 15 is 0 Å². The Kier molecular flexibility index (Phi) is 7.04. The van der Waals surface area contributed by atoms with Crippen molar-refractivity contribution in [3.63, 3.8) is 0 Å². The second-order valence-electron chi connectivity index (χ2n) is 7.46. The third kappa shape index (κ3) is 6.77. The molecule has 4 amide bonds. The van der Waals surface area contributed by atoms with Gasteiger partial charge in [-0.15, -0.1) is 0 Å². The van der Waals surface area contributed by atoms with Gasteiger partial charge in [0.1, 0.15) is 0 Å². The van der Waals surface area contributed by atoms with Gasteiger partial charge in [-0.2, -0.15) is 26.3 Å². The molecule has 0 bridgehead atoms. The lowest BCUT2D eigenvalue weighted by atomic mass is 10.1. The Hall–Kier alpha value is -3.44. The summed E-state index contributed by atoms with van der Waals surface area (Å²) in [7, 11) is 0. The van der Waals surface area contributed by atoms with Crippen molar-refractivity contribution in [1.82, 2.24) is 10.6 Å². The molecule has 1 atom stereocenters. The van der Waals surface area contributed by atoms with Crippen LogP contribution in [-0.2, 0) is 12.4 Å². The van der Waals surface area contributed by atoms with E-state index in [4.69, 9.17) is 0 Å². The van der Waals surface area contributed by atoms with Crippen LogP contribution in [0.25, 0.3) is 0 Å². The maximum Gasteiger partial charge on any atom is 0.418 e. The average Bonchev–Trinajstić information content (AvgIpc) is 3.55. The highest BCUT2D eigenvalue weighted by molar-refractivity contribution is 5.91. The molecule has 1 saturated carbocycles. The molecular formula is C21H20F6N4O2. The number of halogens is 6. The number of carbonyl (C=O) groups is 2. The summed E-state index contributed by atoms with van der Waals surface area (Å²) in [6.45, 7) is -0.126. The van der Waals surface area contributed by atoms with Crippen molar-refractivity contribution in [2.75, 3.05) is 17.2 Å². The molecule has 3 rings (SSSR count). The Morgan fingerprint density at radius 3 is 1.70 bits per heavy atom. The van der Waals surface area contributed by atoms with Crippen molar-refractivity contribution < 1.29 is 35.9 Å². The number of alkyl halides is 6. The molecule has 12 heteroatoms. The fourth-order valence-electron chi connectivity index (χ4n) is 3.21. The van der Waals surface area contributed by atoms with Crippen molar-refractivity contribution in [3.05, 3.63) is 59.7 Å². The number of benzene rings is 2. The lowest BCUT2D eigenvalue weighted by molar-refractivity contribution is -0.137. The highest BCUT2D eigenvalue weighted by Gasteiger charge is 2.36. The van der Waals surface area contributed by atoms with Gasteiger partial charge in [0.2, 0.25) is 0 Å². The first kappa shape index (κ1) is 24.2. The molecule has 0 radical (unpaired) electrons. The maximum absolute atomic E-state index is 13.1. The van der Waals surface area contributed by atoms with Crippen LogP contribution in [0.15, 0.2) is 48.5 Å². The highest BCUT2D eigenvalue weighted by atomic mass is 19.4. The van der Waals surface area contributed by atoms with E-state index in [1.54, 1.807) is 0 Å². The van der Waals surface area contributed by atoms with Gasteiger partial charge in [-0.05, 0) is 43.0 Å². The second kappa shape index (κ2) is 9.59. The Morgan fingerprint density at radius 2 is 1.24 bits per heavy atom. The van der Waals surface area contributed by atoms with Gasteiger partial charge in [-0.3, -0.25) is 0 Å². The van der Waals surface area contributed by atoms with Crippen LogP contribution >= 0.6 is 0 Å². The number of urea groups is 2. The van der Waals surface area contributed by atoms with Crippen molar-refractivity contribution in [2.24, 2.45) is 5.92 Å². The fraction of sp³-hybridized carbons (Fsp3) is 0.333. The lowest BCUT2D eigenvalue weighted by Gasteiger charge is -2.21. The van der Waals surface area contributed by atoms with Crippen molar-refractivity contribution in [2.45, 2.75) is 31.2 Å².